The van der Waals surface area contributed by atoms with Crippen molar-refractivity contribution < 1.29 is 10.2 Å². The van der Waals surface area contributed by atoms with Gasteiger partial charge in [0.25, 0.3) is 0 Å². The summed E-state index contributed by atoms with van der Waals surface area (Å²) in [4.78, 5) is 0. The lowest BCUT2D eigenvalue weighted by molar-refractivity contribution is 0.458. The lowest BCUT2D eigenvalue weighted by atomic mass is 10.0. The molecule has 0 saturated heterocycles. The maximum atomic E-state index is 10.6. The Hall–Kier alpha value is -5.34. The lowest BCUT2D eigenvalue weighted by Crippen LogP contribution is -1.81. The smallest absolute Gasteiger partial charge is 0.123 e. The minimum Gasteiger partial charge on any atom is -0.507 e. The highest BCUT2D eigenvalue weighted by Gasteiger charge is 2.05. The van der Waals surface area contributed by atoms with Crippen LogP contribution in [-0.2, 0) is 0 Å². The summed E-state index contributed by atoms with van der Waals surface area (Å²) in [6.07, 6.45) is 15.8. The van der Waals surface area contributed by atoms with Gasteiger partial charge in [-0.3, -0.25) is 0 Å². The van der Waals surface area contributed by atoms with E-state index in [1.54, 1.807) is 24.3 Å². The second-order valence-corrected chi connectivity index (χ2v) is 9.46. The molecule has 2 heteroatoms. The van der Waals surface area contributed by atoms with Crippen molar-refractivity contribution in [3.05, 3.63) is 166 Å². The highest BCUT2D eigenvalue weighted by Crippen LogP contribution is 2.30. The van der Waals surface area contributed by atoms with E-state index in [0.717, 1.165) is 33.4 Å². The van der Waals surface area contributed by atoms with Gasteiger partial charge >= 0.3 is 0 Å². The van der Waals surface area contributed by atoms with E-state index in [-0.39, 0.29) is 11.5 Å². The van der Waals surface area contributed by atoms with Gasteiger partial charge in [-0.05, 0) is 45.5 Å². The molecular weight excluding hydrogens is 488 g/mol. The van der Waals surface area contributed by atoms with Crippen molar-refractivity contribution in [2.24, 2.45) is 0 Å². The zero-order valence-corrected chi connectivity index (χ0v) is 22.1. The SMILES string of the molecule is Oc1cc(/C=C/c2ccc(/C=C/c3ccccc3)cc2)c(O)cc1/C=C/c1ccc(/C=C/c2ccccc2)cc1. The van der Waals surface area contributed by atoms with E-state index in [1.165, 1.54) is 0 Å². The summed E-state index contributed by atoms with van der Waals surface area (Å²) in [6, 6.07) is 39.9. The largest absolute Gasteiger partial charge is 0.507 e. The number of aromatic hydroxyl groups is 2. The van der Waals surface area contributed by atoms with Gasteiger partial charge in [0.2, 0.25) is 0 Å². The summed E-state index contributed by atoms with van der Waals surface area (Å²) in [5.74, 6) is 0.218. The van der Waals surface area contributed by atoms with E-state index in [2.05, 4.69) is 72.8 Å². The van der Waals surface area contributed by atoms with E-state index < -0.39 is 0 Å². The number of benzene rings is 5. The van der Waals surface area contributed by atoms with Gasteiger partial charge in [-0.15, -0.1) is 0 Å². The Morgan fingerprint density at radius 3 is 0.850 bits per heavy atom. The van der Waals surface area contributed by atoms with Crippen LogP contribution in [0.15, 0.2) is 121 Å². The molecular formula is C38H30O2. The quantitative estimate of drug-likeness (QED) is 0.159. The predicted molar refractivity (Wildman–Crippen MR) is 171 cm³/mol. The molecule has 0 bridgehead atoms. The molecule has 2 N–H and O–H groups in total. The van der Waals surface area contributed by atoms with Crippen LogP contribution in [0.5, 0.6) is 11.5 Å². The Morgan fingerprint density at radius 1 is 0.300 bits per heavy atom. The third-order valence-corrected chi connectivity index (χ3v) is 6.50. The molecule has 194 valence electrons. The van der Waals surface area contributed by atoms with Gasteiger partial charge in [0.15, 0.2) is 0 Å². The first-order valence-corrected chi connectivity index (χ1v) is 13.2. The highest BCUT2D eigenvalue weighted by atomic mass is 16.3. The molecule has 0 aromatic heterocycles. The fourth-order valence-electron chi connectivity index (χ4n) is 4.20. The van der Waals surface area contributed by atoms with Crippen LogP contribution in [0.3, 0.4) is 0 Å². The maximum absolute atomic E-state index is 10.6. The third kappa shape index (κ3) is 7.37. The summed E-state index contributed by atoms with van der Waals surface area (Å²) >= 11 is 0. The molecule has 0 saturated carbocycles. The molecule has 0 radical (unpaired) electrons. The topological polar surface area (TPSA) is 40.5 Å². The van der Waals surface area contributed by atoms with Crippen LogP contribution >= 0.6 is 0 Å². The fourth-order valence-corrected chi connectivity index (χ4v) is 4.20. The molecule has 0 aliphatic heterocycles. The highest BCUT2D eigenvalue weighted by molar-refractivity contribution is 5.79. The fraction of sp³-hybridized carbons (Fsp3) is 0. The maximum Gasteiger partial charge on any atom is 0.123 e. The predicted octanol–water partition coefficient (Wildman–Crippen LogP) is 9.78. The third-order valence-electron chi connectivity index (χ3n) is 6.50. The minimum absolute atomic E-state index is 0.109. The standard InChI is InChI=1S/C38H30O2/c39-37-28-36(26-24-34-21-17-32(18-22-34)14-12-30-9-5-2-6-10-30)38(40)27-35(37)25-23-33-19-15-31(16-20-33)13-11-29-7-3-1-4-8-29/h1-28,39-40H/b13-11+,14-12+,25-23+,26-24+. The summed E-state index contributed by atoms with van der Waals surface area (Å²) < 4.78 is 0. The number of hydrogen-bond acceptors (Lipinski definition) is 2. The van der Waals surface area contributed by atoms with E-state index in [0.29, 0.717) is 11.1 Å². The Balaban J connectivity index is 1.22. The molecule has 0 atom stereocenters. The Labute approximate surface area is 235 Å². The van der Waals surface area contributed by atoms with Gasteiger partial charge < -0.3 is 10.2 Å². The molecule has 0 fully saturated rings. The van der Waals surface area contributed by atoms with Crippen molar-refractivity contribution in [2.45, 2.75) is 0 Å². The lowest BCUT2D eigenvalue weighted by Gasteiger charge is -2.05. The minimum atomic E-state index is 0.109. The van der Waals surface area contributed by atoms with E-state index in [1.807, 2.05) is 72.8 Å². The number of rotatable bonds is 8. The van der Waals surface area contributed by atoms with Crippen molar-refractivity contribution in [1.82, 2.24) is 0 Å². The van der Waals surface area contributed by atoms with E-state index in [4.69, 9.17) is 0 Å². The first kappa shape index (κ1) is 26.3. The van der Waals surface area contributed by atoms with Crippen LogP contribution in [0.25, 0.3) is 48.6 Å². The molecule has 5 aromatic carbocycles. The number of phenols is 2. The molecule has 0 heterocycles. The Morgan fingerprint density at radius 2 is 0.550 bits per heavy atom. The number of phenolic OH excluding ortho intramolecular Hbond substituents is 2. The van der Waals surface area contributed by atoms with Crippen LogP contribution < -0.4 is 0 Å². The van der Waals surface area contributed by atoms with Gasteiger partial charge in [0, 0.05) is 11.1 Å². The molecule has 40 heavy (non-hydrogen) atoms. The molecule has 2 nitrogen and oxygen atoms in total. The van der Waals surface area contributed by atoms with Crippen LogP contribution in [0, 0.1) is 0 Å². The molecule has 5 rings (SSSR count). The van der Waals surface area contributed by atoms with Gasteiger partial charge in [0.05, 0.1) is 0 Å². The summed E-state index contributed by atoms with van der Waals surface area (Å²) in [6.45, 7) is 0. The summed E-state index contributed by atoms with van der Waals surface area (Å²) in [5.41, 5.74) is 7.64. The zero-order chi connectivity index (χ0) is 27.6. The van der Waals surface area contributed by atoms with Gasteiger partial charge in [-0.1, -0.05) is 158 Å². The van der Waals surface area contributed by atoms with Gasteiger partial charge in [0.1, 0.15) is 11.5 Å². The van der Waals surface area contributed by atoms with E-state index >= 15 is 0 Å². The average molecular weight is 519 g/mol. The van der Waals surface area contributed by atoms with Crippen molar-refractivity contribution in [3.63, 3.8) is 0 Å². The van der Waals surface area contributed by atoms with E-state index in [9.17, 15) is 10.2 Å². The second kappa shape index (κ2) is 12.9. The van der Waals surface area contributed by atoms with Crippen molar-refractivity contribution in [1.29, 1.82) is 0 Å². The molecule has 0 spiro atoms. The van der Waals surface area contributed by atoms with Crippen LogP contribution in [0.4, 0.5) is 0 Å². The van der Waals surface area contributed by atoms with Crippen molar-refractivity contribution >= 4 is 48.6 Å². The number of hydrogen-bond donors (Lipinski definition) is 2. The van der Waals surface area contributed by atoms with Crippen molar-refractivity contribution in [3.8, 4) is 11.5 Å². The molecule has 0 unspecified atom stereocenters. The van der Waals surface area contributed by atoms with Crippen LogP contribution in [-0.4, -0.2) is 10.2 Å². The molecule has 0 aliphatic carbocycles. The second-order valence-electron chi connectivity index (χ2n) is 9.46. The van der Waals surface area contributed by atoms with Crippen molar-refractivity contribution in [2.75, 3.05) is 0 Å². The Bertz CT molecular complexity index is 1530. The van der Waals surface area contributed by atoms with Crippen LogP contribution in [0.1, 0.15) is 44.5 Å². The van der Waals surface area contributed by atoms with Gasteiger partial charge in [-0.25, -0.2) is 0 Å². The summed E-state index contributed by atoms with van der Waals surface area (Å²) in [5, 5.41) is 21.2. The average Bonchev–Trinajstić information content (AvgIpc) is 3.00. The van der Waals surface area contributed by atoms with Gasteiger partial charge in [-0.2, -0.15) is 0 Å². The molecule has 0 aliphatic rings. The normalized spacial score (nSPS) is 11.8. The molecule has 0 amide bonds. The Kier molecular flexibility index (Phi) is 8.50. The summed E-state index contributed by atoms with van der Waals surface area (Å²) in [7, 11) is 0. The first-order valence-electron chi connectivity index (χ1n) is 13.2. The first-order chi connectivity index (χ1) is 19.6. The molecule has 5 aromatic rings. The monoisotopic (exact) mass is 518 g/mol. The zero-order valence-electron chi connectivity index (χ0n) is 22.1. The van der Waals surface area contributed by atoms with Crippen LogP contribution in [0.2, 0.25) is 0 Å².